The van der Waals surface area contributed by atoms with E-state index in [1.54, 1.807) is 30.3 Å². The first-order valence-electron chi connectivity index (χ1n) is 8.18. The van der Waals surface area contributed by atoms with Gasteiger partial charge in [0.25, 0.3) is 5.56 Å². The van der Waals surface area contributed by atoms with Crippen LogP contribution < -0.4 is 10.9 Å². The smallest absolute Gasteiger partial charge is 0.251 e. The molecular weight excluding hydrogens is 324 g/mol. The minimum absolute atomic E-state index is 0.0336. The first kappa shape index (κ1) is 15.6. The maximum atomic E-state index is 12.6. The predicted molar refractivity (Wildman–Crippen MR) is 93.0 cm³/mol. The summed E-state index contributed by atoms with van der Waals surface area (Å²) in [5.41, 5.74) is 2.85. The fourth-order valence-electron chi connectivity index (χ4n) is 3.87. The average molecular weight is 344 g/mol. The van der Waals surface area contributed by atoms with E-state index in [0.717, 1.165) is 42.9 Å². The molecule has 2 aliphatic heterocycles. The molecule has 6 heteroatoms. The van der Waals surface area contributed by atoms with Gasteiger partial charge in [0.2, 0.25) is 0 Å². The molecule has 1 N–H and O–H groups in total. The zero-order valence-electron chi connectivity index (χ0n) is 13.5. The van der Waals surface area contributed by atoms with Crippen molar-refractivity contribution in [2.45, 2.75) is 23.8 Å². The van der Waals surface area contributed by atoms with Crippen LogP contribution in [0.15, 0.2) is 46.1 Å². The lowest BCUT2D eigenvalue weighted by molar-refractivity contribution is 0.257. The molecule has 5 nitrogen and oxygen atoms in total. The van der Waals surface area contributed by atoms with Crippen LogP contribution in [0.4, 0.5) is 0 Å². The standard InChI is InChI=1S/C18H20N2O3S/c1-24(22,23)16-4-2-13(3-5-16)14-7-17-15-6-12(9-19-10-15)11-20(17)18(21)8-14/h2-5,7-8,12,15,19H,6,9-11H2,1H3/t12-,15+/m0/s1. The molecule has 4 rings (SSSR count). The van der Waals surface area contributed by atoms with Crippen LogP contribution in [0.3, 0.4) is 0 Å². The number of nitrogens with one attached hydrogen (secondary N) is 1. The van der Waals surface area contributed by atoms with E-state index in [1.807, 2.05) is 4.57 Å². The number of piperidine rings is 1. The molecular formula is C18H20N2O3S. The Morgan fingerprint density at radius 1 is 1.08 bits per heavy atom. The second-order valence-corrected chi connectivity index (χ2v) is 8.89. The molecule has 0 spiro atoms. The van der Waals surface area contributed by atoms with E-state index >= 15 is 0 Å². The Morgan fingerprint density at radius 2 is 1.83 bits per heavy atom. The van der Waals surface area contributed by atoms with E-state index in [9.17, 15) is 13.2 Å². The Labute approximate surface area is 141 Å². The monoisotopic (exact) mass is 344 g/mol. The number of rotatable bonds is 2. The Morgan fingerprint density at radius 3 is 2.54 bits per heavy atom. The highest BCUT2D eigenvalue weighted by Gasteiger charge is 2.31. The van der Waals surface area contributed by atoms with Crippen LogP contribution in [0.5, 0.6) is 0 Å². The minimum atomic E-state index is -3.21. The zero-order chi connectivity index (χ0) is 16.9. The summed E-state index contributed by atoms with van der Waals surface area (Å²) in [6.45, 7) is 2.68. The molecule has 0 unspecified atom stereocenters. The third kappa shape index (κ3) is 2.70. The van der Waals surface area contributed by atoms with Gasteiger partial charge in [0, 0.05) is 37.0 Å². The molecule has 0 aliphatic carbocycles. The molecule has 1 saturated heterocycles. The normalized spacial score (nSPS) is 22.9. The zero-order valence-corrected chi connectivity index (χ0v) is 14.3. The second-order valence-electron chi connectivity index (χ2n) is 6.87. The Hall–Kier alpha value is -1.92. The molecule has 2 atom stereocenters. The van der Waals surface area contributed by atoms with E-state index in [1.165, 1.54) is 6.26 Å². The van der Waals surface area contributed by atoms with Gasteiger partial charge in [0.15, 0.2) is 9.84 Å². The quantitative estimate of drug-likeness (QED) is 0.899. The maximum Gasteiger partial charge on any atom is 0.251 e. The summed E-state index contributed by atoms with van der Waals surface area (Å²) < 4.78 is 25.1. The van der Waals surface area contributed by atoms with Crippen molar-refractivity contribution >= 4 is 9.84 Å². The Kier molecular flexibility index (Phi) is 3.62. The van der Waals surface area contributed by atoms with Crippen LogP contribution in [-0.4, -0.2) is 32.3 Å². The van der Waals surface area contributed by atoms with Crippen molar-refractivity contribution in [1.82, 2.24) is 9.88 Å². The summed E-state index contributed by atoms with van der Waals surface area (Å²) in [5.74, 6) is 0.911. The summed E-state index contributed by atoms with van der Waals surface area (Å²) in [4.78, 5) is 12.9. The minimum Gasteiger partial charge on any atom is -0.316 e. The third-order valence-electron chi connectivity index (χ3n) is 5.08. The number of aromatic nitrogens is 1. The van der Waals surface area contributed by atoms with Crippen LogP contribution in [-0.2, 0) is 16.4 Å². The van der Waals surface area contributed by atoms with Crippen LogP contribution in [0.1, 0.15) is 18.0 Å². The topological polar surface area (TPSA) is 68.2 Å². The number of hydrogen-bond donors (Lipinski definition) is 1. The first-order chi connectivity index (χ1) is 11.4. The molecule has 0 amide bonds. The van der Waals surface area contributed by atoms with Crippen molar-refractivity contribution in [3.8, 4) is 11.1 Å². The molecule has 1 aromatic heterocycles. The van der Waals surface area contributed by atoms with Gasteiger partial charge >= 0.3 is 0 Å². The molecule has 126 valence electrons. The molecule has 2 aromatic rings. The van der Waals surface area contributed by atoms with Gasteiger partial charge in [-0.3, -0.25) is 4.79 Å². The number of hydrogen-bond acceptors (Lipinski definition) is 4. The van der Waals surface area contributed by atoms with Gasteiger partial charge in [-0.1, -0.05) is 12.1 Å². The maximum absolute atomic E-state index is 12.6. The largest absolute Gasteiger partial charge is 0.316 e. The number of sulfone groups is 1. The summed E-state index contributed by atoms with van der Waals surface area (Å²) in [6.07, 6.45) is 2.32. The molecule has 1 aromatic carbocycles. The number of benzene rings is 1. The average Bonchev–Trinajstić information content (AvgIpc) is 2.55. The summed E-state index contributed by atoms with van der Waals surface area (Å²) in [7, 11) is -3.21. The third-order valence-corrected chi connectivity index (χ3v) is 6.20. The number of nitrogens with zero attached hydrogens (tertiary/aromatic N) is 1. The second kappa shape index (κ2) is 5.57. The summed E-state index contributed by atoms with van der Waals surface area (Å²) in [6, 6.07) is 10.5. The molecule has 1 fully saturated rings. The van der Waals surface area contributed by atoms with E-state index in [-0.39, 0.29) is 5.56 Å². The van der Waals surface area contributed by atoms with Crippen LogP contribution in [0, 0.1) is 5.92 Å². The first-order valence-corrected chi connectivity index (χ1v) is 10.1. The molecule has 0 radical (unpaired) electrons. The van der Waals surface area contributed by atoms with Gasteiger partial charge in [0.1, 0.15) is 0 Å². The Bertz CT molecular complexity index is 945. The molecule has 0 saturated carbocycles. The van der Waals surface area contributed by atoms with Crippen molar-refractivity contribution in [2.75, 3.05) is 19.3 Å². The van der Waals surface area contributed by atoms with Gasteiger partial charge in [0.05, 0.1) is 4.90 Å². The van der Waals surface area contributed by atoms with Crippen LogP contribution in [0.2, 0.25) is 0 Å². The van der Waals surface area contributed by atoms with E-state index in [4.69, 9.17) is 0 Å². The lowest BCUT2D eigenvalue weighted by atomic mass is 9.83. The number of fused-ring (bicyclic) bond motifs is 4. The van der Waals surface area contributed by atoms with Gasteiger partial charge in [-0.25, -0.2) is 8.42 Å². The van der Waals surface area contributed by atoms with Crippen LogP contribution >= 0.6 is 0 Å². The van der Waals surface area contributed by atoms with Crippen molar-refractivity contribution < 1.29 is 8.42 Å². The van der Waals surface area contributed by atoms with Crippen molar-refractivity contribution in [3.05, 3.63) is 52.4 Å². The highest BCUT2D eigenvalue weighted by Crippen LogP contribution is 2.33. The lowest BCUT2D eigenvalue weighted by Gasteiger charge is -2.37. The Balaban J connectivity index is 1.78. The number of pyridine rings is 1. The SMILES string of the molecule is CS(=O)(=O)c1ccc(-c2cc3n(c(=O)c2)C[C@@H]2CNC[C@H]3C2)cc1. The van der Waals surface area contributed by atoms with Crippen molar-refractivity contribution in [1.29, 1.82) is 0 Å². The van der Waals surface area contributed by atoms with Gasteiger partial charge in [-0.2, -0.15) is 0 Å². The van der Waals surface area contributed by atoms with Gasteiger partial charge in [-0.15, -0.1) is 0 Å². The molecule has 24 heavy (non-hydrogen) atoms. The van der Waals surface area contributed by atoms with E-state index in [0.29, 0.717) is 16.7 Å². The van der Waals surface area contributed by atoms with Crippen molar-refractivity contribution in [2.24, 2.45) is 5.92 Å². The van der Waals surface area contributed by atoms with E-state index in [2.05, 4.69) is 11.4 Å². The summed E-state index contributed by atoms with van der Waals surface area (Å²) >= 11 is 0. The van der Waals surface area contributed by atoms with Gasteiger partial charge < -0.3 is 9.88 Å². The van der Waals surface area contributed by atoms with Gasteiger partial charge in [-0.05, 0) is 48.2 Å². The van der Waals surface area contributed by atoms with Crippen molar-refractivity contribution in [3.63, 3.8) is 0 Å². The molecule has 2 aliphatic rings. The van der Waals surface area contributed by atoms with Crippen LogP contribution in [0.25, 0.3) is 11.1 Å². The fourth-order valence-corrected chi connectivity index (χ4v) is 4.50. The van der Waals surface area contributed by atoms with E-state index < -0.39 is 9.84 Å². The lowest BCUT2D eigenvalue weighted by Crippen LogP contribution is -2.44. The molecule has 3 heterocycles. The predicted octanol–water partition coefficient (Wildman–Crippen LogP) is 1.63. The summed E-state index contributed by atoms with van der Waals surface area (Å²) in [5, 5.41) is 3.45. The highest BCUT2D eigenvalue weighted by atomic mass is 32.2. The molecule has 2 bridgehead atoms. The fraction of sp³-hybridized carbons (Fsp3) is 0.389. The highest BCUT2D eigenvalue weighted by molar-refractivity contribution is 7.90.